The quantitative estimate of drug-likeness (QED) is 0.774. The Balaban J connectivity index is 2.03. The SMILES string of the molecule is CC(=O)Nc1ccc(CNc2cccc(Br)c2CO)cc1. The molecule has 0 aromatic heterocycles. The van der Waals surface area contributed by atoms with Crippen LogP contribution in [0.5, 0.6) is 0 Å². The van der Waals surface area contributed by atoms with Gasteiger partial charge >= 0.3 is 0 Å². The molecule has 0 radical (unpaired) electrons. The van der Waals surface area contributed by atoms with Crippen LogP contribution in [0.25, 0.3) is 0 Å². The molecular formula is C16H17BrN2O2. The number of anilines is 2. The molecule has 0 heterocycles. The van der Waals surface area contributed by atoms with Gasteiger partial charge < -0.3 is 15.7 Å². The zero-order chi connectivity index (χ0) is 15.2. The van der Waals surface area contributed by atoms with E-state index in [-0.39, 0.29) is 12.5 Å². The van der Waals surface area contributed by atoms with E-state index in [1.165, 1.54) is 6.92 Å². The summed E-state index contributed by atoms with van der Waals surface area (Å²) in [6, 6.07) is 13.4. The molecule has 0 unspecified atom stereocenters. The molecule has 0 aliphatic rings. The Hall–Kier alpha value is -1.85. The van der Waals surface area contributed by atoms with Crippen molar-refractivity contribution in [2.75, 3.05) is 10.6 Å². The van der Waals surface area contributed by atoms with Crippen LogP contribution < -0.4 is 10.6 Å². The van der Waals surface area contributed by atoms with Gasteiger partial charge in [-0.15, -0.1) is 0 Å². The highest BCUT2D eigenvalue weighted by atomic mass is 79.9. The molecule has 0 aliphatic carbocycles. The van der Waals surface area contributed by atoms with Gasteiger partial charge in [-0.25, -0.2) is 0 Å². The van der Waals surface area contributed by atoms with Gasteiger partial charge in [-0.3, -0.25) is 4.79 Å². The average molecular weight is 349 g/mol. The van der Waals surface area contributed by atoms with Crippen LogP contribution >= 0.6 is 15.9 Å². The average Bonchev–Trinajstić information content (AvgIpc) is 2.46. The number of carbonyl (C=O) groups is 1. The molecule has 3 N–H and O–H groups in total. The van der Waals surface area contributed by atoms with Gasteiger partial charge in [0.05, 0.1) is 6.61 Å². The Labute approximate surface area is 132 Å². The van der Waals surface area contributed by atoms with Crippen molar-refractivity contribution in [2.24, 2.45) is 0 Å². The lowest BCUT2D eigenvalue weighted by Crippen LogP contribution is -2.06. The molecule has 2 rings (SSSR count). The topological polar surface area (TPSA) is 61.4 Å². The molecule has 0 bridgehead atoms. The maximum atomic E-state index is 11.0. The third-order valence-corrected chi connectivity index (χ3v) is 3.78. The second kappa shape index (κ2) is 7.24. The summed E-state index contributed by atoms with van der Waals surface area (Å²) >= 11 is 3.43. The summed E-state index contributed by atoms with van der Waals surface area (Å²) in [5, 5.41) is 15.4. The van der Waals surface area contributed by atoms with Crippen molar-refractivity contribution in [1.82, 2.24) is 0 Å². The van der Waals surface area contributed by atoms with Gasteiger partial charge in [-0.2, -0.15) is 0 Å². The first-order valence-corrected chi connectivity index (χ1v) is 7.38. The number of hydrogen-bond donors (Lipinski definition) is 3. The summed E-state index contributed by atoms with van der Waals surface area (Å²) in [4.78, 5) is 11.0. The number of benzene rings is 2. The highest BCUT2D eigenvalue weighted by Crippen LogP contribution is 2.25. The van der Waals surface area contributed by atoms with Crippen LogP contribution in [-0.4, -0.2) is 11.0 Å². The van der Waals surface area contributed by atoms with E-state index < -0.39 is 0 Å². The summed E-state index contributed by atoms with van der Waals surface area (Å²) in [7, 11) is 0. The van der Waals surface area contributed by atoms with Crippen molar-refractivity contribution >= 4 is 33.2 Å². The minimum atomic E-state index is -0.0809. The number of nitrogens with one attached hydrogen (secondary N) is 2. The van der Waals surface area contributed by atoms with Crippen LogP contribution in [-0.2, 0) is 17.9 Å². The number of amides is 1. The van der Waals surface area contributed by atoms with Crippen LogP contribution in [0.4, 0.5) is 11.4 Å². The predicted octanol–water partition coefficient (Wildman–Crippen LogP) is 3.51. The smallest absolute Gasteiger partial charge is 0.221 e. The van der Waals surface area contributed by atoms with Gasteiger partial charge in [0.2, 0.25) is 5.91 Å². The molecule has 0 saturated carbocycles. The van der Waals surface area contributed by atoms with Gasteiger partial charge in [0, 0.05) is 34.9 Å². The van der Waals surface area contributed by atoms with E-state index in [1.807, 2.05) is 42.5 Å². The van der Waals surface area contributed by atoms with Gasteiger partial charge in [0.15, 0.2) is 0 Å². The van der Waals surface area contributed by atoms with Crippen LogP contribution in [0.2, 0.25) is 0 Å². The maximum absolute atomic E-state index is 11.0. The highest BCUT2D eigenvalue weighted by Gasteiger charge is 2.05. The fraction of sp³-hybridized carbons (Fsp3) is 0.188. The van der Waals surface area contributed by atoms with E-state index in [0.29, 0.717) is 6.54 Å². The third-order valence-electron chi connectivity index (χ3n) is 3.03. The minimum absolute atomic E-state index is 0.0226. The molecule has 0 spiro atoms. The zero-order valence-corrected chi connectivity index (χ0v) is 13.3. The Bertz CT molecular complexity index is 627. The van der Waals surface area contributed by atoms with E-state index in [4.69, 9.17) is 0 Å². The number of hydrogen-bond acceptors (Lipinski definition) is 3. The molecule has 21 heavy (non-hydrogen) atoms. The Morgan fingerprint density at radius 3 is 2.52 bits per heavy atom. The second-order valence-electron chi connectivity index (χ2n) is 4.66. The largest absolute Gasteiger partial charge is 0.392 e. The minimum Gasteiger partial charge on any atom is -0.392 e. The van der Waals surface area contributed by atoms with Gasteiger partial charge in [0.25, 0.3) is 0 Å². The molecule has 0 aliphatic heterocycles. The highest BCUT2D eigenvalue weighted by molar-refractivity contribution is 9.10. The van der Waals surface area contributed by atoms with Gasteiger partial charge in [-0.1, -0.05) is 34.1 Å². The fourth-order valence-corrected chi connectivity index (χ4v) is 2.48. The number of halogens is 1. The normalized spacial score (nSPS) is 10.2. The fourth-order valence-electron chi connectivity index (χ4n) is 1.99. The van der Waals surface area contributed by atoms with Crippen molar-refractivity contribution in [3.8, 4) is 0 Å². The first-order valence-electron chi connectivity index (χ1n) is 6.59. The van der Waals surface area contributed by atoms with E-state index in [0.717, 1.165) is 27.0 Å². The predicted molar refractivity (Wildman–Crippen MR) is 88.1 cm³/mol. The van der Waals surface area contributed by atoms with E-state index in [9.17, 15) is 9.90 Å². The second-order valence-corrected chi connectivity index (χ2v) is 5.51. The molecule has 2 aromatic rings. The van der Waals surface area contributed by atoms with E-state index in [1.54, 1.807) is 0 Å². The molecular weight excluding hydrogens is 332 g/mol. The molecule has 5 heteroatoms. The summed E-state index contributed by atoms with van der Waals surface area (Å²) < 4.78 is 0.885. The number of rotatable bonds is 5. The molecule has 1 amide bonds. The molecule has 0 atom stereocenters. The van der Waals surface area contributed by atoms with Crippen molar-refractivity contribution in [3.05, 3.63) is 58.1 Å². The van der Waals surface area contributed by atoms with Crippen molar-refractivity contribution in [1.29, 1.82) is 0 Å². The molecule has 0 fully saturated rings. The van der Waals surface area contributed by atoms with E-state index >= 15 is 0 Å². The van der Waals surface area contributed by atoms with Crippen molar-refractivity contribution < 1.29 is 9.90 Å². The van der Waals surface area contributed by atoms with E-state index in [2.05, 4.69) is 26.6 Å². The van der Waals surface area contributed by atoms with Crippen LogP contribution in [0.3, 0.4) is 0 Å². The Morgan fingerprint density at radius 1 is 1.19 bits per heavy atom. The monoisotopic (exact) mass is 348 g/mol. The molecule has 110 valence electrons. The Morgan fingerprint density at radius 2 is 1.90 bits per heavy atom. The third kappa shape index (κ3) is 4.31. The standard InChI is InChI=1S/C16H17BrN2O2/c1-11(21)19-13-7-5-12(6-8-13)9-18-16-4-2-3-15(17)14(16)10-20/h2-8,18,20H,9-10H2,1H3,(H,19,21). The lowest BCUT2D eigenvalue weighted by Gasteiger charge is -2.12. The molecule has 4 nitrogen and oxygen atoms in total. The summed E-state index contributed by atoms with van der Waals surface area (Å²) in [5.74, 6) is -0.0809. The Kier molecular flexibility index (Phi) is 5.36. The number of aliphatic hydroxyl groups is 1. The van der Waals surface area contributed by atoms with Crippen molar-refractivity contribution in [2.45, 2.75) is 20.1 Å². The molecule has 2 aromatic carbocycles. The van der Waals surface area contributed by atoms with Crippen LogP contribution in [0, 0.1) is 0 Å². The van der Waals surface area contributed by atoms with Crippen LogP contribution in [0.15, 0.2) is 46.9 Å². The lowest BCUT2D eigenvalue weighted by atomic mass is 10.1. The zero-order valence-electron chi connectivity index (χ0n) is 11.7. The van der Waals surface area contributed by atoms with Crippen LogP contribution in [0.1, 0.15) is 18.1 Å². The maximum Gasteiger partial charge on any atom is 0.221 e. The molecule has 0 saturated heterocycles. The number of aliphatic hydroxyl groups excluding tert-OH is 1. The summed E-state index contributed by atoms with van der Waals surface area (Å²) in [6.45, 7) is 2.11. The van der Waals surface area contributed by atoms with Gasteiger partial charge in [-0.05, 0) is 29.8 Å². The first-order chi connectivity index (χ1) is 10.1. The first kappa shape index (κ1) is 15.5. The summed E-state index contributed by atoms with van der Waals surface area (Å²) in [5.41, 5.74) is 3.61. The lowest BCUT2D eigenvalue weighted by molar-refractivity contribution is -0.114. The van der Waals surface area contributed by atoms with Crippen molar-refractivity contribution in [3.63, 3.8) is 0 Å². The number of carbonyl (C=O) groups excluding carboxylic acids is 1. The summed E-state index contributed by atoms with van der Waals surface area (Å²) in [6.07, 6.45) is 0. The van der Waals surface area contributed by atoms with Gasteiger partial charge in [0.1, 0.15) is 0 Å².